The van der Waals surface area contributed by atoms with Crippen LogP contribution < -0.4 is 16.0 Å². The zero-order valence-corrected chi connectivity index (χ0v) is 15.5. The van der Waals surface area contributed by atoms with Gasteiger partial charge in [-0.1, -0.05) is 12.8 Å². The van der Waals surface area contributed by atoms with Crippen LogP contribution in [0.2, 0.25) is 0 Å². The molecule has 6 nitrogen and oxygen atoms in total. The Morgan fingerprint density at radius 3 is 2.50 bits per heavy atom. The number of unbranched alkanes of at least 4 members (excludes halogenated alkanes) is 3. The SMILES string of the molecule is Cl.Cl.NCCCCCCC(=O)Nc1ccc(N2CCOCC2)cn1. The van der Waals surface area contributed by atoms with Crippen LogP contribution in [-0.2, 0) is 9.53 Å². The maximum atomic E-state index is 11.8. The van der Waals surface area contributed by atoms with Crippen molar-refractivity contribution in [2.75, 3.05) is 43.1 Å². The lowest BCUT2D eigenvalue weighted by Gasteiger charge is -2.28. The van der Waals surface area contributed by atoms with Gasteiger partial charge in [0.05, 0.1) is 25.1 Å². The third-order valence-corrected chi connectivity index (χ3v) is 3.75. The molecule has 1 aromatic heterocycles. The van der Waals surface area contributed by atoms with Gasteiger partial charge in [-0.3, -0.25) is 4.79 Å². The summed E-state index contributed by atoms with van der Waals surface area (Å²) < 4.78 is 5.33. The van der Waals surface area contributed by atoms with Gasteiger partial charge in [0.25, 0.3) is 0 Å². The molecule has 24 heavy (non-hydrogen) atoms. The van der Waals surface area contributed by atoms with Crippen LogP contribution in [0.3, 0.4) is 0 Å². The number of nitrogens with one attached hydrogen (secondary N) is 1. The molecule has 1 saturated heterocycles. The standard InChI is InChI=1S/C16H26N4O2.2ClH/c17-8-4-2-1-3-5-16(21)19-15-7-6-14(13-18-15)20-9-11-22-12-10-20;;/h6-7,13H,1-5,8-12,17H2,(H,18,19,21);2*1H. The van der Waals surface area contributed by atoms with E-state index in [9.17, 15) is 4.79 Å². The molecule has 138 valence electrons. The summed E-state index contributed by atoms with van der Waals surface area (Å²) in [5.41, 5.74) is 6.51. The summed E-state index contributed by atoms with van der Waals surface area (Å²) in [7, 11) is 0. The molecule has 1 aliphatic heterocycles. The summed E-state index contributed by atoms with van der Waals surface area (Å²) in [6, 6.07) is 3.85. The number of halogens is 2. The molecule has 0 radical (unpaired) electrons. The molecule has 1 aliphatic rings. The third-order valence-electron chi connectivity index (χ3n) is 3.75. The van der Waals surface area contributed by atoms with E-state index in [0.29, 0.717) is 12.2 Å². The lowest BCUT2D eigenvalue weighted by Crippen LogP contribution is -2.36. The Labute approximate surface area is 156 Å². The fourth-order valence-corrected chi connectivity index (χ4v) is 2.46. The number of anilines is 2. The van der Waals surface area contributed by atoms with Crippen molar-refractivity contribution in [1.82, 2.24) is 4.98 Å². The molecule has 2 rings (SSSR count). The number of aromatic nitrogens is 1. The van der Waals surface area contributed by atoms with Gasteiger partial charge in [0, 0.05) is 19.5 Å². The molecule has 2 heterocycles. The van der Waals surface area contributed by atoms with Crippen LogP contribution in [0.1, 0.15) is 32.1 Å². The van der Waals surface area contributed by atoms with E-state index >= 15 is 0 Å². The minimum absolute atomic E-state index is 0. The summed E-state index contributed by atoms with van der Waals surface area (Å²) in [4.78, 5) is 18.4. The molecule has 3 N–H and O–H groups in total. The quantitative estimate of drug-likeness (QED) is 0.679. The van der Waals surface area contributed by atoms with E-state index in [1.807, 2.05) is 18.3 Å². The highest BCUT2D eigenvalue weighted by molar-refractivity contribution is 5.89. The average molecular weight is 379 g/mol. The summed E-state index contributed by atoms with van der Waals surface area (Å²) in [6.45, 7) is 4.00. The number of rotatable bonds is 8. The minimum Gasteiger partial charge on any atom is -0.378 e. The Morgan fingerprint density at radius 1 is 1.17 bits per heavy atom. The van der Waals surface area contributed by atoms with Crippen molar-refractivity contribution in [3.8, 4) is 0 Å². The zero-order valence-electron chi connectivity index (χ0n) is 13.9. The molecule has 0 bridgehead atoms. The van der Waals surface area contributed by atoms with Crippen molar-refractivity contribution in [3.05, 3.63) is 18.3 Å². The normalized spacial score (nSPS) is 13.6. The molecular formula is C16H28Cl2N4O2. The number of carbonyl (C=O) groups excluding carboxylic acids is 1. The second kappa shape index (κ2) is 13.2. The highest BCUT2D eigenvalue weighted by Gasteiger charge is 2.11. The van der Waals surface area contributed by atoms with Crippen LogP contribution in [0.15, 0.2) is 18.3 Å². The fraction of sp³-hybridized carbons (Fsp3) is 0.625. The largest absolute Gasteiger partial charge is 0.378 e. The van der Waals surface area contributed by atoms with Crippen LogP contribution >= 0.6 is 24.8 Å². The molecule has 0 saturated carbocycles. The van der Waals surface area contributed by atoms with E-state index in [0.717, 1.165) is 64.2 Å². The van der Waals surface area contributed by atoms with Crippen molar-refractivity contribution in [2.45, 2.75) is 32.1 Å². The number of nitrogens with two attached hydrogens (primary N) is 1. The second-order valence-electron chi connectivity index (χ2n) is 5.50. The van der Waals surface area contributed by atoms with E-state index in [4.69, 9.17) is 10.5 Å². The second-order valence-corrected chi connectivity index (χ2v) is 5.50. The van der Waals surface area contributed by atoms with Gasteiger partial charge in [-0.05, 0) is 31.5 Å². The molecule has 0 aliphatic carbocycles. The fourth-order valence-electron chi connectivity index (χ4n) is 2.46. The number of amides is 1. The molecule has 0 aromatic carbocycles. The van der Waals surface area contributed by atoms with Crippen molar-refractivity contribution < 1.29 is 9.53 Å². The zero-order chi connectivity index (χ0) is 15.6. The van der Waals surface area contributed by atoms with Gasteiger partial charge in [0.2, 0.25) is 5.91 Å². The Morgan fingerprint density at radius 2 is 1.88 bits per heavy atom. The molecule has 1 fully saturated rings. The average Bonchev–Trinajstić information content (AvgIpc) is 2.56. The minimum atomic E-state index is 0. The molecular weight excluding hydrogens is 351 g/mol. The molecule has 0 atom stereocenters. The van der Waals surface area contributed by atoms with Gasteiger partial charge in [0.1, 0.15) is 5.82 Å². The molecule has 8 heteroatoms. The van der Waals surface area contributed by atoms with Gasteiger partial charge in [-0.15, -0.1) is 24.8 Å². The first-order chi connectivity index (χ1) is 10.8. The van der Waals surface area contributed by atoms with E-state index < -0.39 is 0 Å². The summed E-state index contributed by atoms with van der Waals surface area (Å²) in [5.74, 6) is 0.642. The van der Waals surface area contributed by atoms with Crippen molar-refractivity contribution >= 4 is 42.2 Å². The van der Waals surface area contributed by atoms with Crippen LogP contribution in [-0.4, -0.2) is 43.7 Å². The van der Waals surface area contributed by atoms with Gasteiger partial charge in [-0.25, -0.2) is 4.98 Å². The van der Waals surface area contributed by atoms with Gasteiger partial charge >= 0.3 is 0 Å². The summed E-state index contributed by atoms with van der Waals surface area (Å²) in [5, 5.41) is 2.85. The molecule has 0 unspecified atom stereocenters. The maximum Gasteiger partial charge on any atom is 0.225 e. The first-order valence-electron chi connectivity index (χ1n) is 8.08. The topological polar surface area (TPSA) is 80.5 Å². The number of morpholine rings is 1. The lowest BCUT2D eigenvalue weighted by molar-refractivity contribution is -0.116. The van der Waals surface area contributed by atoms with Crippen LogP contribution in [0.4, 0.5) is 11.5 Å². The molecule has 1 amide bonds. The third kappa shape index (κ3) is 8.15. The van der Waals surface area contributed by atoms with Gasteiger partial charge in [0.15, 0.2) is 0 Å². The van der Waals surface area contributed by atoms with Crippen LogP contribution in [0, 0.1) is 0 Å². The highest BCUT2D eigenvalue weighted by Crippen LogP contribution is 2.16. The van der Waals surface area contributed by atoms with E-state index in [2.05, 4.69) is 15.2 Å². The molecule has 1 aromatic rings. The number of hydrogen-bond donors (Lipinski definition) is 2. The van der Waals surface area contributed by atoms with E-state index in [1.165, 1.54) is 0 Å². The smallest absolute Gasteiger partial charge is 0.225 e. The number of pyridine rings is 1. The lowest BCUT2D eigenvalue weighted by atomic mass is 10.1. The number of carbonyl (C=O) groups is 1. The Bertz CT molecular complexity index is 454. The number of ether oxygens (including phenoxy) is 1. The van der Waals surface area contributed by atoms with Crippen molar-refractivity contribution in [3.63, 3.8) is 0 Å². The predicted molar refractivity (Wildman–Crippen MR) is 103 cm³/mol. The Kier molecular flexibility index (Phi) is 12.6. The van der Waals surface area contributed by atoms with E-state index in [1.54, 1.807) is 0 Å². The maximum absolute atomic E-state index is 11.8. The van der Waals surface area contributed by atoms with E-state index in [-0.39, 0.29) is 30.7 Å². The van der Waals surface area contributed by atoms with Crippen LogP contribution in [0.25, 0.3) is 0 Å². The van der Waals surface area contributed by atoms with Crippen molar-refractivity contribution in [1.29, 1.82) is 0 Å². The summed E-state index contributed by atoms with van der Waals surface area (Å²) in [6.07, 6.45) is 6.42. The van der Waals surface area contributed by atoms with Gasteiger partial charge < -0.3 is 20.7 Å². The Hall–Kier alpha value is -1.08. The van der Waals surface area contributed by atoms with Crippen LogP contribution in [0.5, 0.6) is 0 Å². The first-order valence-corrected chi connectivity index (χ1v) is 8.08. The molecule has 0 spiro atoms. The first kappa shape index (κ1) is 22.9. The number of nitrogens with zero attached hydrogens (tertiary/aromatic N) is 2. The summed E-state index contributed by atoms with van der Waals surface area (Å²) >= 11 is 0. The van der Waals surface area contributed by atoms with Gasteiger partial charge in [-0.2, -0.15) is 0 Å². The number of hydrogen-bond acceptors (Lipinski definition) is 5. The monoisotopic (exact) mass is 378 g/mol. The highest BCUT2D eigenvalue weighted by atomic mass is 35.5. The Balaban J connectivity index is 0.00000264. The van der Waals surface area contributed by atoms with Crippen molar-refractivity contribution in [2.24, 2.45) is 5.73 Å². The predicted octanol–water partition coefficient (Wildman–Crippen LogP) is 2.61.